The zero-order valence-corrected chi connectivity index (χ0v) is 11.8. The lowest BCUT2D eigenvalue weighted by Gasteiger charge is -2.29. The number of aliphatic hydroxyl groups is 1. The SMILES string of the molecule is CCNCc1ccc(N(CCCO)C(C)C)cc1. The number of nitrogens with one attached hydrogen (secondary N) is 1. The average Bonchev–Trinajstić information content (AvgIpc) is 2.38. The smallest absolute Gasteiger partial charge is 0.0447 e. The second kappa shape index (κ2) is 8.11. The fourth-order valence-electron chi connectivity index (χ4n) is 2.00. The summed E-state index contributed by atoms with van der Waals surface area (Å²) < 4.78 is 0. The highest BCUT2D eigenvalue weighted by Crippen LogP contribution is 2.18. The zero-order valence-electron chi connectivity index (χ0n) is 11.8. The minimum Gasteiger partial charge on any atom is -0.396 e. The van der Waals surface area contributed by atoms with Crippen LogP contribution in [0, 0.1) is 0 Å². The van der Waals surface area contributed by atoms with Crippen LogP contribution in [0.2, 0.25) is 0 Å². The molecule has 0 aliphatic rings. The van der Waals surface area contributed by atoms with Crippen LogP contribution in [0.25, 0.3) is 0 Å². The van der Waals surface area contributed by atoms with E-state index in [1.54, 1.807) is 0 Å². The number of rotatable bonds is 8. The van der Waals surface area contributed by atoms with Crippen molar-refractivity contribution >= 4 is 5.69 Å². The normalized spacial score (nSPS) is 10.9. The van der Waals surface area contributed by atoms with Crippen molar-refractivity contribution in [1.82, 2.24) is 5.32 Å². The minimum atomic E-state index is 0.252. The molecule has 0 saturated heterocycles. The molecule has 0 unspecified atom stereocenters. The summed E-state index contributed by atoms with van der Waals surface area (Å²) in [6, 6.07) is 9.14. The molecule has 0 bridgehead atoms. The first-order valence-corrected chi connectivity index (χ1v) is 6.86. The van der Waals surface area contributed by atoms with Crippen LogP contribution in [0.3, 0.4) is 0 Å². The Kier molecular flexibility index (Phi) is 6.76. The van der Waals surface area contributed by atoms with E-state index < -0.39 is 0 Å². The van der Waals surface area contributed by atoms with E-state index in [1.165, 1.54) is 11.3 Å². The molecule has 0 amide bonds. The number of nitrogens with zero attached hydrogens (tertiary/aromatic N) is 1. The van der Waals surface area contributed by atoms with E-state index >= 15 is 0 Å². The molecule has 1 rings (SSSR count). The molecule has 0 fully saturated rings. The Hall–Kier alpha value is -1.06. The Morgan fingerprint density at radius 2 is 1.89 bits per heavy atom. The molecule has 0 atom stereocenters. The molecule has 0 aromatic heterocycles. The van der Waals surface area contributed by atoms with E-state index in [-0.39, 0.29) is 6.61 Å². The fraction of sp³-hybridized carbons (Fsp3) is 0.600. The summed E-state index contributed by atoms with van der Waals surface area (Å²) in [6.45, 7) is 9.56. The maximum absolute atomic E-state index is 8.95. The van der Waals surface area contributed by atoms with Crippen molar-refractivity contribution < 1.29 is 5.11 Å². The van der Waals surface area contributed by atoms with Gasteiger partial charge < -0.3 is 15.3 Å². The Morgan fingerprint density at radius 1 is 1.22 bits per heavy atom. The van der Waals surface area contributed by atoms with Crippen molar-refractivity contribution in [3.05, 3.63) is 29.8 Å². The van der Waals surface area contributed by atoms with E-state index in [2.05, 4.69) is 55.3 Å². The van der Waals surface area contributed by atoms with Gasteiger partial charge in [-0.25, -0.2) is 0 Å². The molecule has 18 heavy (non-hydrogen) atoms. The lowest BCUT2D eigenvalue weighted by molar-refractivity contribution is 0.288. The predicted octanol–water partition coefficient (Wildman–Crippen LogP) is 2.39. The van der Waals surface area contributed by atoms with Gasteiger partial charge in [-0.15, -0.1) is 0 Å². The van der Waals surface area contributed by atoms with Crippen LogP contribution in [0.15, 0.2) is 24.3 Å². The maximum Gasteiger partial charge on any atom is 0.0447 e. The standard InChI is InChI=1S/C15H26N2O/c1-4-16-12-14-6-8-15(9-7-14)17(13(2)3)10-5-11-18/h6-9,13,16,18H,4-5,10-12H2,1-3H3. The molecular weight excluding hydrogens is 224 g/mol. The number of hydrogen-bond acceptors (Lipinski definition) is 3. The average molecular weight is 250 g/mol. The van der Waals surface area contributed by atoms with Gasteiger partial charge in [-0.2, -0.15) is 0 Å². The zero-order chi connectivity index (χ0) is 13.4. The van der Waals surface area contributed by atoms with Crippen molar-refractivity contribution in [2.24, 2.45) is 0 Å². The van der Waals surface area contributed by atoms with E-state index in [0.717, 1.165) is 26.1 Å². The second-order valence-corrected chi connectivity index (χ2v) is 4.81. The van der Waals surface area contributed by atoms with Crippen LogP contribution in [0.4, 0.5) is 5.69 Å². The molecule has 2 N–H and O–H groups in total. The summed E-state index contributed by atoms with van der Waals surface area (Å²) >= 11 is 0. The highest BCUT2D eigenvalue weighted by Gasteiger charge is 2.09. The van der Waals surface area contributed by atoms with Crippen LogP contribution in [-0.4, -0.2) is 30.8 Å². The number of benzene rings is 1. The third-order valence-electron chi connectivity index (χ3n) is 3.03. The van der Waals surface area contributed by atoms with Gasteiger partial charge in [-0.1, -0.05) is 19.1 Å². The van der Waals surface area contributed by atoms with Crippen LogP contribution >= 0.6 is 0 Å². The minimum absolute atomic E-state index is 0.252. The molecule has 102 valence electrons. The van der Waals surface area contributed by atoms with Gasteiger partial charge in [-0.3, -0.25) is 0 Å². The Balaban J connectivity index is 2.67. The van der Waals surface area contributed by atoms with E-state index in [1.807, 2.05) is 0 Å². The molecule has 1 aromatic rings. The molecule has 0 spiro atoms. The van der Waals surface area contributed by atoms with Crippen LogP contribution in [0.5, 0.6) is 0 Å². The van der Waals surface area contributed by atoms with Crippen molar-refractivity contribution in [3.63, 3.8) is 0 Å². The van der Waals surface area contributed by atoms with Crippen molar-refractivity contribution in [2.45, 2.75) is 39.8 Å². The van der Waals surface area contributed by atoms with Crippen molar-refractivity contribution in [3.8, 4) is 0 Å². The number of aliphatic hydroxyl groups excluding tert-OH is 1. The Bertz CT molecular complexity index is 322. The largest absolute Gasteiger partial charge is 0.396 e. The maximum atomic E-state index is 8.95. The van der Waals surface area contributed by atoms with Gasteiger partial charge in [0, 0.05) is 31.4 Å². The summed E-state index contributed by atoms with van der Waals surface area (Å²) in [4.78, 5) is 2.33. The van der Waals surface area contributed by atoms with Crippen LogP contribution in [0.1, 0.15) is 32.8 Å². The predicted molar refractivity (Wildman–Crippen MR) is 78.0 cm³/mol. The molecule has 0 aliphatic heterocycles. The van der Waals surface area contributed by atoms with Gasteiger partial charge in [0.25, 0.3) is 0 Å². The first-order valence-electron chi connectivity index (χ1n) is 6.86. The summed E-state index contributed by atoms with van der Waals surface area (Å²) in [6.07, 6.45) is 0.817. The molecule has 3 nitrogen and oxygen atoms in total. The summed E-state index contributed by atoms with van der Waals surface area (Å²) in [5.74, 6) is 0. The number of anilines is 1. The van der Waals surface area contributed by atoms with Crippen LogP contribution < -0.4 is 10.2 Å². The van der Waals surface area contributed by atoms with Gasteiger partial charge in [0.15, 0.2) is 0 Å². The Labute approximate surface area is 111 Å². The van der Waals surface area contributed by atoms with Gasteiger partial charge >= 0.3 is 0 Å². The third kappa shape index (κ3) is 4.67. The van der Waals surface area contributed by atoms with Gasteiger partial charge in [0.05, 0.1) is 0 Å². The van der Waals surface area contributed by atoms with E-state index in [4.69, 9.17) is 5.11 Å². The first-order chi connectivity index (χ1) is 8.69. The topological polar surface area (TPSA) is 35.5 Å². The molecule has 0 saturated carbocycles. The lowest BCUT2D eigenvalue weighted by atomic mass is 10.1. The lowest BCUT2D eigenvalue weighted by Crippen LogP contribution is -2.32. The van der Waals surface area contributed by atoms with E-state index in [0.29, 0.717) is 6.04 Å². The molecule has 0 aliphatic carbocycles. The summed E-state index contributed by atoms with van der Waals surface area (Å²) in [5.41, 5.74) is 2.55. The third-order valence-corrected chi connectivity index (χ3v) is 3.03. The summed E-state index contributed by atoms with van der Waals surface area (Å²) in [7, 11) is 0. The molecule has 3 heteroatoms. The highest BCUT2D eigenvalue weighted by molar-refractivity contribution is 5.48. The molecule has 1 aromatic carbocycles. The first kappa shape index (κ1) is 15.0. The van der Waals surface area contributed by atoms with Crippen molar-refractivity contribution in [1.29, 1.82) is 0 Å². The van der Waals surface area contributed by atoms with Gasteiger partial charge in [-0.05, 0) is 44.5 Å². The van der Waals surface area contributed by atoms with Gasteiger partial charge in [0.1, 0.15) is 0 Å². The molecule has 0 radical (unpaired) electrons. The monoisotopic (exact) mass is 250 g/mol. The molecule has 0 heterocycles. The summed E-state index contributed by atoms with van der Waals surface area (Å²) in [5, 5.41) is 12.3. The fourth-order valence-corrected chi connectivity index (χ4v) is 2.00. The second-order valence-electron chi connectivity index (χ2n) is 4.81. The molecular formula is C15H26N2O. The van der Waals surface area contributed by atoms with Crippen LogP contribution in [-0.2, 0) is 6.54 Å². The van der Waals surface area contributed by atoms with E-state index in [9.17, 15) is 0 Å². The van der Waals surface area contributed by atoms with Crippen molar-refractivity contribution in [2.75, 3.05) is 24.6 Å². The van der Waals surface area contributed by atoms with Gasteiger partial charge in [0.2, 0.25) is 0 Å². The highest BCUT2D eigenvalue weighted by atomic mass is 16.3. The Morgan fingerprint density at radius 3 is 2.39 bits per heavy atom. The number of hydrogen-bond donors (Lipinski definition) is 2. The quantitative estimate of drug-likeness (QED) is 0.743.